The van der Waals surface area contributed by atoms with Crippen LogP contribution in [0.15, 0.2) is 22.7 Å². The zero-order valence-corrected chi connectivity index (χ0v) is 12.9. The maximum absolute atomic E-state index is 11.4. The van der Waals surface area contributed by atoms with Gasteiger partial charge in [0.15, 0.2) is 5.78 Å². The second-order valence-corrected chi connectivity index (χ2v) is 6.67. The smallest absolute Gasteiger partial charge is 0.159 e. The average molecular weight is 322 g/mol. The van der Waals surface area contributed by atoms with E-state index < -0.39 is 0 Å². The van der Waals surface area contributed by atoms with E-state index >= 15 is 0 Å². The number of carbonyl (C=O) groups excluding carboxylic acids is 1. The van der Waals surface area contributed by atoms with Crippen molar-refractivity contribution in [2.45, 2.75) is 45.1 Å². The Morgan fingerprint density at radius 1 is 1.26 bits per heavy atom. The van der Waals surface area contributed by atoms with Gasteiger partial charge in [0.1, 0.15) is 0 Å². The first-order valence-corrected chi connectivity index (χ1v) is 8.03. The van der Waals surface area contributed by atoms with Crippen LogP contribution < -0.4 is 4.90 Å². The van der Waals surface area contributed by atoms with Gasteiger partial charge >= 0.3 is 0 Å². The summed E-state index contributed by atoms with van der Waals surface area (Å²) in [6, 6.07) is 6.76. The lowest BCUT2D eigenvalue weighted by Gasteiger charge is -2.40. The standard InChI is InChI=1S/C16H20BrNO/c1-11(19)13-7-8-16(14(17)10-13)18-9-3-5-12-4-2-6-15(12)18/h7-8,10,12,15H,2-6,9H2,1H3. The quantitative estimate of drug-likeness (QED) is 0.751. The van der Waals surface area contributed by atoms with E-state index in [0.717, 1.165) is 22.5 Å². The van der Waals surface area contributed by atoms with Crippen LogP contribution in [0.25, 0.3) is 0 Å². The topological polar surface area (TPSA) is 20.3 Å². The van der Waals surface area contributed by atoms with Gasteiger partial charge < -0.3 is 4.90 Å². The summed E-state index contributed by atoms with van der Waals surface area (Å²) < 4.78 is 1.06. The maximum atomic E-state index is 11.4. The maximum Gasteiger partial charge on any atom is 0.159 e. The number of hydrogen-bond acceptors (Lipinski definition) is 2. The summed E-state index contributed by atoms with van der Waals surface area (Å²) in [6.07, 6.45) is 6.78. The van der Waals surface area contributed by atoms with Gasteiger partial charge in [-0.3, -0.25) is 4.79 Å². The number of nitrogens with zero attached hydrogens (tertiary/aromatic N) is 1. The van der Waals surface area contributed by atoms with Crippen LogP contribution in [0.1, 0.15) is 49.4 Å². The molecule has 2 unspecified atom stereocenters. The number of rotatable bonds is 2. The molecule has 0 N–H and O–H groups in total. The highest BCUT2D eigenvalue weighted by molar-refractivity contribution is 9.10. The predicted octanol–water partition coefficient (Wildman–Crippen LogP) is 4.42. The lowest BCUT2D eigenvalue weighted by molar-refractivity contribution is 0.101. The van der Waals surface area contributed by atoms with E-state index in [9.17, 15) is 4.79 Å². The molecule has 3 heteroatoms. The number of carbonyl (C=O) groups is 1. The minimum atomic E-state index is 0.129. The Kier molecular flexibility index (Phi) is 3.66. The molecule has 0 radical (unpaired) electrons. The van der Waals surface area contributed by atoms with Crippen molar-refractivity contribution in [2.24, 2.45) is 5.92 Å². The molecule has 3 rings (SSSR count). The van der Waals surface area contributed by atoms with Crippen molar-refractivity contribution >= 4 is 27.4 Å². The van der Waals surface area contributed by atoms with Crippen LogP contribution in [0.3, 0.4) is 0 Å². The molecule has 1 aromatic carbocycles. The number of halogens is 1. The van der Waals surface area contributed by atoms with Gasteiger partial charge in [-0.05, 0) is 72.7 Å². The van der Waals surface area contributed by atoms with Gasteiger partial charge in [-0.1, -0.05) is 6.42 Å². The third kappa shape index (κ3) is 2.45. The summed E-state index contributed by atoms with van der Waals surface area (Å²) in [6.45, 7) is 2.77. The number of Topliss-reactive ketones (excluding diaryl/α,β-unsaturated/α-hetero) is 1. The van der Waals surface area contributed by atoms with Crippen molar-refractivity contribution in [3.05, 3.63) is 28.2 Å². The molecule has 1 aliphatic carbocycles. The third-order valence-electron chi connectivity index (χ3n) is 4.66. The zero-order chi connectivity index (χ0) is 13.4. The van der Waals surface area contributed by atoms with Gasteiger partial charge in [0.25, 0.3) is 0 Å². The number of fused-ring (bicyclic) bond motifs is 1. The van der Waals surface area contributed by atoms with Gasteiger partial charge in [-0.2, -0.15) is 0 Å². The molecule has 2 atom stereocenters. The minimum Gasteiger partial charge on any atom is -0.367 e. The molecule has 1 aromatic rings. The summed E-state index contributed by atoms with van der Waals surface area (Å²) in [4.78, 5) is 14.0. The van der Waals surface area contributed by atoms with Crippen LogP contribution in [0, 0.1) is 5.92 Å². The largest absolute Gasteiger partial charge is 0.367 e. The Hall–Kier alpha value is -0.830. The molecule has 1 saturated carbocycles. The fourth-order valence-electron chi connectivity index (χ4n) is 3.71. The van der Waals surface area contributed by atoms with Gasteiger partial charge in [0, 0.05) is 22.6 Å². The molecule has 102 valence electrons. The monoisotopic (exact) mass is 321 g/mol. The molecule has 1 saturated heterocycles. The van der Waals surface area contributed by atoms with Crippen molar-refractivity contribution < 1.29 is 4.79 Å². The second kappa shape index (κ2) is 5.28. The molecule has 19 heavy (non-hydrogen) atoms. The van der Waals surface area contributed by atoms with Crippen LogP contribution in [-0.2, 0) is 0 Å². The highest BCUT2D eigenvalue weighted by Crippen LogP contribution is 2.41. The number of piperidine rings is 1. The lowest BCUT2D eigenvalue weighted by atomic mass is 9.91. The van der Waals surface area contributed by atoms with Crippen molar-refractivity contribution in [3.63, 3.8) is 0 Å². The first kappa shape index (κ1) is 13.2. The molecule has 0 amide bonds. The normalized spacial score (nSPS) is 26.3. The van der Waals surface area contributed by atoms with Crippen molar-refractivity contribution in [2.75, 3.05) is 11.4 Å². The van der Waals surface area contributed by atoms with Gasteiger partial charge in [0.05, 0.1) is 5.69 Å². The fraction of sp³-hybridized carbons (Fsp3) is 0.562. The number of benzene rings is 1. The van der Waals surface area contributed by atoms with Crippen molar-refractivity contribution in [3.8, 4) is 0 Å². The van der Waals surface area contributed by atoms with E-state index in [2.05, 4.69) is 26.9 Å². The molecular weight excluding hydrogens is 302 g/mol. The summed E-state index contributed by atoms with van der Waals surface area (Å²) in [7, 11) is 0. The van der Waals surface area contributed by atoms with Gasteiger partial charge in [-0.15, -0.1) is 0 Å². The summed E-state index contributed by atoms with van der Waals surface area (Å²) >= 11 is 3.65. The molecule has 1 aliphatic heterocycles. The van der Waals surface area contributed by atoms with Crippen LogP contribution in [0.2, 0.25) is 0 Å². The first-order valence-electron chi connectivity index (χ1n) is 7.24. The minimum absolute atomic E-state index is 0.129. The van der Waals surface area contributed by atoms with Crippen LogP contribution in [0.4, 0.5) is 5.69 Å². The second-order valence-electron chi connectivity index (χ2n) is 5.82. The molecule has 1 heterocycles. The Bertz CT molecular complexity index is 500. The van der Waals surface area contributed by atoms with E-state index in [4.69, 9.17) is 0 Å². The summed E-state index contributed by atoms with van der Waals surface area (Å²) in [5.41, 5.74) is 2.05. The molecule has 0 bridgehead atoms. The Balaban J connectivity index is 1.90. The Morgan fingerprint density at radius 2 is 2.05 bits per heavy atom. The van der Waals surface area contributed by atoms with Gasteiger partial charge in [0.2, 0.25) is 0 Å². The number of anilines is 1. The highest BCUT2D eigenvalue weighted by atomic mass is 79.9. The molecule has 0 spiro atoms. The third-order valence-corrected chi connectivity index (χ3v) is 5.29. The zero-order valence-electron chi connectivity index (χ0n) is 11.4. The Labute approximate surface area is 123 Å². The van der Waals surface area contributed by atoms with Crippen molar-refractivity contribution in [1.82, 2.24) is 0 Å². The van der Waals surface area contributed by atoms with Crippen LogP contribution in [0.5, 0.6) is 0 Å². The molecule has 2 aliphatic rings. The summed E-state index contributed by atoms with van der Waals surface area (Å²) in [5.74, 6) is 1.01. The van der Waals surface area contributed by atoms with E-state index in [1.165, 1.54) is 37.8 Å². The molecular formula is C16H20BrNO. The van der Waals surface area contributed by atoms with E-state index in [-0.39, 0.29) is 5.78 Å². The summed E-state index contributed by atoms with van der Waals surface area (Å²) in [5, 5.41) is 0. The van der Waals surface area contributed by atoms with Crippen molar-refractivity contribution in [1.29, 1.82) is 0 Å². The van der Waals surface area contributed by atoms with E-state index in [0.29, 0.717) is 6.04 Å². The van der Waals surface area contributed by atoms with Crippen LogP contribution >= 0.6 is 15.9 Å². The lowest BCUT2D eigenvalue weighted by Crippen LogP contribution is -2.42. The molecule has 0 aromatic heterocycles. The highest BCUT2D eigenvalue weighted by Gasteiger charge is 2.35. The van der Waals surface area contributed by atoms with E-state index in [1.807, 2.05) is 12.1 Å². The first-order chi connectivity index (χ1) is 9.16. The Morgan fingerprint density at radius 3 is 2.79 bits per heavy atom. The molecule has 2 nitrogen and oxygen atoms in total. The van der Waals surface area contributed by atoms with Crippen LogP contribution in [-0.4, -0.2) is 18.4 Å². The average Bonchev–Trinajstić information content (AvgIpc) is 2.86. The fourth-order valence-corrected chi connectivity index (χ4v) is 4.32. The number of ketones is 1. The van der Waals surface area contributed by atoms with E-state index in [1.54, 1.807) is 6.92 Å². The van der Waals surface area contributed by atoms with Gasteiger partial charge in [-0.25, -0.2) is 0 Å². The molecule has 2 fully saturated rings. The SMILES string of the molecule is CC(=O)c1ccc(N2CCCC3CCCC32)c(Br)c1. The predicted molar refractivity (Wildman–Crippen MR) is 81.9 cm³/mol. The number of hydrogen-bond donors (Lipinski definition) is 0.